The summed E-state index contributed by atoms with van der Waals surface area (Å²) in [5, 5.41) is 2.50. The summed E-state index contributed by atoms with van der Waals surface area (Å²) in [4.78, 5) is 4.11. The Morgan fingerprint density at radius 1 is 1.22 bits per heavy atom. The van der Waals surface area contributed by atoms with Crippen LogP contribution >= 0.6 is 11.3 Å². The van der Waals surface area contributed by atoms with Gasteiger partial charge in [0, 0.05) is 11.6 Å². The van der Waals surface area contributed by atoms with E-state index in [4.69, 9.17) is 9.47 Å². The largest absolute Gasteiger partial charge is 0.485 e. The Morgan fingerprint density at radius 2 is 2.17 bits per heavy atom. The van der Waals surface area contributed by atoms with Gasteiger partial charge in [-0.2, -0.15) is 0 Å². The topological polar surface area (TPSA) is 31.4 Å². The molecule has 0 spiro atoms. The average Bonchev–Trinajstić information content (AvgIpc) is 3.07. The fourth-order valence-electron chi connectivity index (χ4n) is 2.73. The molecule has 3 aromatic rings. The van der Waals surface area contributed by atoms with E-state index >= 15 is 0 Å². The van der Waals surface area contributed by atoms with Crippen molar-refractivity contribution in [3.8, 4) is 16.7 Å². The smallest absolute Gasteiger partial charge is 0.278 e. The molecule has 3 nitrogen and oxygen atoms in total. The molecule has 116 valence electrons. The molecule has 0 saturated carbocycles. The molecule has 1 unspecified atom stereocenters. The molecule has 0 bridgehead atoms. The highest BCUT2D eigenvalue weighted by Crippen LogP contribution is 2.37. The monoisotopic (exact) mass is 327 g/mol. The average molecular weight is 327 g/mol. The molecule has 0 saturated heterocycles. The zero-order chi connectivity index (χ0) is 15.6. The Bertz CT molecular complexity index is 820. The van der Waals surface area contributed by atoms with Gasteiger partial charge >= 0.3 is 0 Å². The maximum Gasteiger partial charge on any atom is 0.278 e. The summed E-state index contributed by atoms with van der Waals surface area (Å²) in [6.45, 7) is 0. The Balaban J connectivity index is 1.54. The minimum atomic E-state index is -0.232. The number of ether oxygens (including phenoxy) is 2. The fourth-order valence-corrected chi connectivity index (χ4v) is 3.24. The maximum absolute atomic E-state index is 13.4. The van der Waals surface area contributed by atoms with Gasteiger partial charge in [-0.3, -0.25) is 0 Å². The van der Waals surface area contributed by atoms with Crippen molar-refractivity contribution in [3.05, 3.63) is 71.0 Å². The Morgan fingerprint density at radius 3 is 3.00 bits per heavy atom. The minimum absolute atomic E-state index is 0.107. The van der Waals surface area contributed by atoms with Crippen LogP contribution in [0.25, 0.3) is 0 Å². The number of benzene rings is 2. The molecule has 4 rings (SSSR count). The van der Waals surface area contributed by atoms with Gasteiger partial charge in [0.1, 0.15) is 23.4 Å². The van der Waals surface area contributed by atoms with Gasteiger partial charge in [0.05, 0.1) is 0 Å². The van der Waals surface area contributed by atoms with Crippen LogP contribution in [-0.4, -0.2) is 4.98 Å². The van der Waals surface area contributed by atoms with Crippen molar-refractivity contribution in [2.75, 3.05) is 0 Å². The summed E-state index contributed by atoms with van der Waals surface area (Å²) in [5.74, 6) is 1.35. The fraction of sp³-hybridized carbons (Fsp3) is 0.167. The lowest BCUT2D eigenvalue weighted by molar-refractivity contribution is 0.176. The van der Waals surface area contributed by atoms with Crippen molar-refractivity contribution >= 4 is 11.3 Å². The van der Waals surface area contributed by atoms with Crippen LogP contribution in [-0.2, 0) is 6.42 Å². The highest BCUT2D eigenvalue weighted by Gasteiger charge is 2.22. The summed E-state index contributed by atoms with van der Waals surface area (Å²) >= 11 is 1.45. The molecule has 0 aliphatic carbocycles. The van der Waals surface area contributed by atoms with E-state index in [1.807, 2.05) is 29.6 Å². The third-order valence-corrected chi connectivity index (χ3v) is 4.46. The number of aromatic nitrogens is 1. The van der Waals surface area contributed by atoms with E-state index in [1.165, 1.54) is 23.5 Å². The molecule has 0 radical (unpaired) electrons. The maximum atomic E-state index is 13.4. The third kappa shape index (κ3) is 3.05. The quantitative estimate of drug-likeness (QED) is 0.667. The number of fused-ring (bicyclic) bond motifs is 1. The van der Waals surface area contributed by atoms with Crippen molar-refractivity contribution in [2.45, 2.75) is 18.9 Å². The highest BCUT2D eigenvalue weighted by molar-refractivity contribution is 7.11. The van der Waals surface area contributed by atoms with Crippen LogP contribution in [0.15, 0.2) is 54.0 Å². The molecule has 1 atom stereocenters. The second kappa shape index (κ2) is 6.01. The number of halogens is 1. The van der Waals surface area contributed by atoms with E-state index in [0.29, 0.717) is 5.19 Å². The SMILES string of the molecule is Fc1cccc(C2CCc3cc(Oc4nccs4)ccc3O2)c1. The Labute approximate surface area is 137 Å². The normalized spacial score (nSPS) is 16.5. The number of nitrogens with zero attached hydrogens (tertiary/aromatic N) is 1. The minimum Gasteiger partial charge on any atom is -0.485 e. The lowest BCUT2D eigenvalue weighted by Crippen LogP contribution is -2.15. The van der Waals surface area contributed by atoms with Crippen molar-refractivity contribution in [3.63, 3.8) is 0 Å². The van der Waals surface area contributed by atoms with E-state index in [2.05, 4.69) is 4.98 Å². The standard InChI is InChI=1S/C18H14FNO2S/c19-14-3-1-2-12(10-14)16-6-4-13-11-15(5-7-17(13)22-16)21-18-20-8-9-23-18/h1-3,5,7-11,16H,4,6H2. The zero-order valence-corrected chi connectivity index (χ0v) is 13.1. The molecule has 23 heavy (non-hydrogen) atoms. The van der Waals surface area contributed by atoms with E-state index in [1.54, 1.807) is 12.3 Å². The van der Waals surface area contributed by atoms with Crippen LogP contribution < -0.4 is 9.47 Å². The predicted molar refractivity (Wildman–Crippen MR) is 86.7 cm³/mol. The first-order valence-corrected chi connectivity index (χ1v) is 8.28. The Hall–Kier alpha value is -2.40. The van der Waals surface area contributed by atoms with Crippen molar-refractivity contribution in [1.29, 1.82) is 0 Å². The second-order valence-electron chi connectivity index (χ2n) is 5.37. The van der Waals surface area contributed by atoms with Crippen LogP contribution in [0.2, 0.25) is 0 Å². The summed E-state index contributed by atoms with van der Waals surface area (Å²) in [6, 6.07) is 12.4. The molecular weight excluding hydrogens is 313 g/mol. The predicted octanol–water partition coefficient (Wildman–Crippen LogP) is 5.14. The molecule has 1 aromatic heterocycles. The van der Waals surface area contributed by atoms with Gasteiger partial charge < -0.3 is 9.47 Å². The lowest BCUT2D eigenvalue weighted by atomic mass is 9.97. The molecular formula is C18H14FNO2S. The summed E-state index contributed by atoms with van der Waals surface area (Å²) in [7, 11) is 0. The number of hydrogen-bond donors (Lipinski definition) is 0. The first-order chi connectivity index (χ1) is 11.3. The molecule has 1 aliphatic rings. The summed E-state index contributed by atoms with van der Waals surface area (Å²) in [5.41, 5.74) is 1.98. The van der Waals surface area contributed by atoms with Crippen LogP contribution in [0.1, 0.15) is 23.7 Å². The molecule has 2 heterocycles. The van der Waals surface area contributed by atoms with Crippen molar-refractivity contribution in [1.82, 2.24) is 4.98 Å². The lowest BCUT2D eigenvalue weighted by Gasteiger charge is -2.26. The first kappa shape index (κ1) is 14.2. The van der Waals surface area contributed by atoms with Gasteiger partial charge in [-0.25, -0.2) is 9.37 Å². The van der Waals surface area contributed by atoms with Crippen LogP contribution in [0.5, 0.6) is 16.7 Å². The van der Waals surface area contributed by atoms with Crippen molar-refractivity contribution < 1.29 is 13.9 Å². The first-order valence-electron chi connectivity index (χ1n) is 7.40. The van der Waals surface area contributed by atoms with Gasteiger partial charge in [-0.15, -0.1) is 0 Å². The second-order valence-corrected chi connectivity index (χ2v) is 6.23. The summed E-state index contributed by atoms with van der Waals surface area (Å²) < 4.78 is 25.1. The van der Waals surface area contributed by atoms with E-state index in [-0.39, 0.29) is 11.9 Å². The van der Waals surface area contributed by atoms with Crippen LogP contribution in [0, 0.1) is 5.82 Å². The molecule has 5 heteroatoms. The number of aryl methyl sites for hydroxylation is 1. The zero-order valence-electron chi connectivity index (χ0n) is 12.2. The Kier molecular flexibility index (Phi) is 3.71. The van der Waals surface area contributed by atoms with Gasteiger partial charge in [-0.1, -0.05) is 23.5 Å². The van der Waals surface area contributed by atoms with Crippen LogP contribution in [0.3, 0.4) is 0 Å². The van der Waals surface area contributed by atoms with E-state index in [0.717, 1.165) is 35.5 Å². The molecule has 0 N–H and O–H groups in total. The van der Waals surface area contributed by atoms with Crippen LogP contribution in [0.4, 0.5) is 4.39 Å². The molecule has 2 aromatic carbocycles. The highest BCUT2D eigenvalue weighted by atomic mass is 32.1. The molecule has 1 aliphatic heterocycles. The molecule has 0 amide bonds. The van der Waals surface area contributed by atoms with Gasteiger partial charge in [-0.05, 0) is 54.3 Å². The third-order valence-electron chi connectivity index (χ3n) is 3.81. The van der Waals surface area contributed by atoms with E-state index in [9.17, 15) is 4.39 Å². The number of thiazole rings is 1. The van der Waals surface area contributed by atoms with Crippen molar-refractivity contribution in [2.24, 2.45) is 0 Å². The number of hydrogen-bond acceptors (Lipinski definition) is 4. The van der Waals surface area contributed by atoms with Gasteiger partial charge in [0.15, 0.2) is 0 Å². The molecule has 0 fully saturated rings. The van der Waals surface area contributed by atoms with E-state index < -0.39 is 0 Å². The summed E-state index contributed by atoms with van der Waals surface area (Å²) in [6.07, 6.45) is 3.29. The number of rotatable bonds is 3. The van der Waals surface area contributed by atoms with Gasteiger partial charge in [0.2, 0.25) is 0 Å². The van der Waals surface area contributed by atoms with Gasteiger partial charge in [0.25, 0.3) is 5.19 Å².